The first-order valence-corrected chi connectivity index (χ1v) is 6.19. The van der Waals surface area contributed by atoms with Gasteiger partial charge in [-0.05, 0) is 55.0 Å². The molecule has 0 saturated heterocycles. The van der Waals surface area contributed by atoms with E-state index in [1.807, 2.05) is 25.1 Å². The Morgan fingerprint density at radius 3 is 2.39 bits per heavy atom. The second-order valence-corrected chi connectivity index (χ2v) is 4.82. The van der Waals surface area contributed by atoms with Crippen LogP contribution in [0.5, 0.6) is 11.5 Å². The quantitative estimate of drug-likeness (QED) is 0.941. The van der Waals surface area contributed by atoms with E-state index in [2.05, 4.69) is 15.9 Å². The minimum Gasteiger partial charge on any atom is -0.457 e. The van der Waals surface area contributed by atoms with E-state index in [9.17, 15) is 4.79 Å². The van der Waals surface area contributed by atoms with Crippen molar-refractivity contribution in [1.29, 1.82) is 0 Å². The topological polar surface area (TPSA) is 52.3 Å². The predicted molar refractivity (Wildman–Crippen MR) is 73.9 cm³/mol. The fourth-order valence-electron chi connectivity index (χ4n) is 1.54. The van der Waals surface area contributed by atoms with Gasteiger partial charge in [-0.2, -0.15) is 0 Å². The first kappa shape index (κ1) is 12.6. The van der Waals surface area contributed by atoms with Crippen LogP contribution in [0, 0.1) is 6.92 Å². The average Bonchev–Trinajstić information content (AvgIpc) is 2.33. The van der Waals surface area contributed by atoms with Crippen molar-refractivity contribution in [3.05, 3.63) is 58.1 Å². The van der Waals surface area contributed by atoms with Crippen LogP contribution < -0.4 is 10.5 Å². The third kappa shape index (κ3) is 2.90. The molecule has 0 saturated carbocycles. The number of halogens is 1. The SMILES string of the molecule is Cc1cc(Br)ccc1Oc1ccc(C(N)=O)cc1. The number of carbonyl (C=O) groups is 1. The minimum absolute atomic E-state index is 0.443. The third-order valence-electron chi connectivity index (χ3n) is 2.50. The molecule has 0 aliphatic carbocycles. The van der Waals surface area contributed by atoms with Crippen LogP contribution in [0.1, 0.15) is 15.9 Å². The van der Waals surface area contributed by atoms with Gasteiger partial charge < -0.3 is 10.5 Å². The van der Waals surface area contributed by atoms with Gasteiger partial charge in [0.15, 0.2) is 0 Å². The Morgan fingerprint density at radius 2 is 1.83 bits per heavy atom. The van der Waals surface area contributed by atoms with Crippen LogP contribution in [-0.2, 0) is 0 Å². The molecular weight excluding hydrogens is 294 g/mol. The zero-order valence-electron chi connectivity index (χ0n) is 9.81. The molecule has 2 aromatic carbocycles. The lowest BCUT2D eigenvalue weighted by atomic mass is 10.2. The van der Waals surface area contributed by atoms with E-state index in [0.29, 0.717) is 11.3 Å². The summed E-state index contributed by atoms with van der Waals surface area (Å²) in [5.74, 6) is 1.01. The highest BCUT2D eigenvalue weighted by molar-refractivity contribution is 9.10. The molecule has 0 aliphatic heterocycles. The summed E-state index contributed by atoms with van der Waals surface area (Å²) in [4.78, 5) is 10.9. The molecule has 4 heteroatoms. The summed E-state index contributed by atoms with van der Waals surface area (Å²) in [5.41, 5.74) is 6.67. The molecule has 1 amide bonds. The summed E-state index contributed by atoms with van der Waals surface area (Å²) >= 11 is 3.40. The van der Waals surface area contributed by atoms with Gasteiger partial charge in [0, 0.05) is 10.0 Å². The largest absolute Gasteiger partial charge is 0.457 e. The molecule has 0 aliphatic rings. The lowest BCUT2D eigenvalue weighted by Crippen LogP contribution is -2.10. The number of benzene rings is 2. The summed E-state index contributed by atoms with van der Waals surface area (Å²) in [6.07, 6.45) is 0. The van der Waals surface area contributed by atoms with E-state index in [-0.39, 0.29) is 0 Å². The summed E-state index contributed by atoms with van der Waals surface area (Å²) in [6, 6.07) is 12.5. The van der Waals surface area contributed by atoms with Crippen LogP contribution in [0.3, 0.4) is 0 Å². The van der Waals surface area contributed by atoms with E-state index in [0.717, 1.165) is 15.8 Å². The molecule has 3 nitrogen and oxygen atoms in total. The van der Waals surface area contributed by atoms with Crippen molar-refractivity contribution in [2.24, 2.45) is 5.73 Å². The minimum atomic E-state index is -0.443. The number of hydrogen-bond acceptors (Lipinski definition) is 2. The van der Waals surface area contributed by atoms with Crippen molar-refractivity contribution < 1.29 is 9.53 Å². The zero-order chi connectivity index (χ0) is 13.1. The molecule has 0 atom stereocenters. The molecular formula is C14H12BrNO2. The Kier molecular flexibility index (Phi) is 3.67. The maximum Gasteiger partial charge on any atom is 0.248 e. The van der Waals surface area contributed by atoms with Gasteiger partial charge in [-0.15, -0.1) is 0 Å². The van der Waals surface area contributed by atoms with Crippen LogP contribution in [0.4, 0.5) is 0 Å². The molecule has 2 N–H and O–H groups in total. The fraction of sp³-hybridized carbons (Fsp3) is 0.0714. The van der Waals surface area contributed by atoms with Gasteiger partial charge in [-0.1, -0.05) is 15.9 Å². The Morgan fingerprint density at radius 1 is 1.17 bits per heavy atom. The van der Waals surface area contributed by atoms with Gasteiger partial charge in [0.1, 0.15) is 11.5 Å². The molecule has 2 aromatic rings. The first-order chi connectivity index (χ1) is 8.56. The van der Waals surface area contributed by atoms with Crippen molar-refractivity contribution in [1.82, 2.24) is 0 Å². The zero-order valence-corrected chi connectivity index (χ0v) is 11.4. The molecule has 0 aromatic heterocycles. The lowest BCUT2D eigenvalue weighted by molar-refractivity contribution is 0.100. The second-order valence-electron chi connectivity index (χ2n) is 3.90. The van der Waals surface area contributed by atoms with E-state index in [4.69, 9.17) is 10.5 Å². The lowest BCUT2D eigenvalue weighted by Gasteiger charge is -2.09. The standard InChI is InChI=1S/C14H12BrNO2/c1-9-8-11(15)4-7-13(9)18-12-5-2-10(3-6-12)14(16)17/h2-8H,1H3,(H2,16,17). The third-order valence-corrected chi connectivity index (χ3v) is 3.00. The number of amides is 1. The number of carbonyl (C=O) groups excluding carboxylic acids is 1. The maximum absolute atomic E-state index is 10.9. The monoisotopic (exact) mass is 305 g/mol. The Labute approximate surface area is 114 Å². The number of primary amides is 1. The van der Waals surface area contributed by atoms with Crippen molar-refractivity contribution in [2.75, 3.05) is 0 Å². The van der Waals surface area contributed by atoms with E-state index in [1.54, 1.807) is 24.3 Å². The Bertz CT molecular complexity index is 579. The molecule has 0 fully saturated rings. The second kappa shape index (κ2) is 5.23. The van der Waals surface area contributed by atoms with Crippen LogP contribution in [0.15, 0.2) is 46.9 Å². The van der Waals surface area contributed by atoms with Gasteiger partial charge in [-0.3, -0.25) is 4.79 Å². The molecule has 0 radical (unpaired) electrons. The van der Waals surface area contributed by atoms with Gasteiger partial charge in [0.05, 0.1) is 0 Å². The van der Waals surface area contributed by atoms with E-state index >= 15 is 0 Å². The maximum atomic E-state index is 10.9. The predicted octanol–water partition coefficient (Wildman–Crippen LogP) is 3.65. The van der Waals surface area contributed by atoms with Crippen LogP contribution in [0.2, 0.25) is 0 Å². The summed E-state index contributed by atoms with van der Waals surface area (Å²) in [5, 5.41) is 0. The molecule has 2 rings (SSSR count). The van der Waals surface area contributed by atoms with Gasteiger partial charge in [0.25, 0.3) is 0 Å². The molecule has 0 bridgehead atoms. The number of hydrogen-bond donors (Lipinski definition) is 1. The van der Waals surface area contributed by atoms with Crippen molar-refractivity contribution in [2.45, 2.75) is 6.92 Å². The molecule has 0 spiro atoms. The number of ether oxygens (including phenoxy) is 1. The van der Waals surface area contributed by atoms with Crippen LogP contribution in [0.25, 0.3) is 0 Å². The molecule has 18 heavy (non-hydrogen) atoms. The molecule has 0 unspecified atom stereocenters. The normalized spacial score (nSPS) is 10.1. The summed E-state index contributed by atoms with van der Waals surface area (Å²) < 4.78 is 6.74. The Hall–Kier alpha value is -1.81. The highest BCUT2D eigenvalue weighted by atomic mass is 79.9. The average molecular weight is 306 g/mol. The first-order valence-electron chi connectivity index (χ1n) is 5.40. The van der Waals surface area contributed by atoms with Gasteiger partial charge in [0.2, 0.25) is 5.91 Å². The highest BCUT2D eigenvalue weighted by Crippen LogP contribution is 2.27. The van der Waals surface area contributed by atoms with Crippen LogP contribution in [-0.4, -0.2) is 5.91 Å². The van der Waals surface area contributed by atoms with Crippen molar-refractivity contribution in [3.63, 3.8) is 0 Å². The Balaban J connectivity index is 2.21. The molecule has 0 heterocycles. The van der Waals surface area contributed by atoms with E-state index in [1.165, 1.54) is 0 Å². The number of nitrogens with two attached hydrogens (primary N) is 1. The summed E-state index contributed by atoms with van der Waals surface area (Å²) in [7, 11) is 0. The van der Waals surface area contributed by atoms with Crippen LogP contribution >= 0.6 is 15.9 Å². The fourth-order valence-corrected chi connectivity index (χ4v) is 2.02. The smallest absolute Gasteiger partial charge is 0.248 e. The molecule has 92 valence electrons. The summed E-state index contributed by atoms with van der Waals surface area (Å²) in [6.45, 7) is 1.97. The van der Waals surface area contributed by atoms with Crippen molar-refractivity contribution in [3.8, 4) is 11.5 Å². The number of rotatable bonds is 3. The van der Waals surface area contributed by atoms with Gasteiger partial charge in [-0.25, -0.2) is 0 Å². The van der Waals surface area contributed by atoms with Crippen molar-refractivity contribution >= 4 is 21.8 Å². The van der Waals surface area contributed by atoms with Gasteiger partial charge >= 0.3 is 0 Å². The number of aryl methyl sites for hydroxylation is 1. The highest BCUT2D eigenvalue weighted by Gasteiger charge is 2.04. The van der Waals surface area contributed by atoms with E-state index < -0.39 is 5.91 Å².